The molecule has 2 rings (SSSR count). The van der Waals surface area contributed by atoms with E-state index in [1.807, 2.05) is 0 Å². The Morgan fingerprint density at radius 2 is 1.81 bits per heavy atom. The third-order valence-corrected chi connectivity index (χ3v) is 4.19. The van der Waals surface area contributed by atoms with Crippen molar-refractivity contribution in [2.75, 3.05) is 20.3 Å². The monoisotopic (exact) mass is 376 g/mol. The Balaban J connectivity index is 1.97. The van der Waals surface area contributed by atoms with Crippen molar-refractivity contribution in [2.24, 2.45) is 0 Å². The van der Waals surface area contributed by atoms with Gasteiger partial charge in [-0.1, -0.05) is 6.07 Å². The first-order valence-electron chi connectivity index (χ1n) is 7.95. The molecule has 7 N–H and O–H groups in total. The van der Waals surface area contributed by atoms with Crippen molar-refractivity contribution in [2.45, 2.75) is 42.9 Å². The van der Waals surface area contributed by atoms with E-state index < -0.39 is 56.1 Å². The molecule has 1 aliphatic rings. The van der Waals surface area contributed by atoms with E-state index in [-0.39, 0.29) is 17.1 Å². The fourth-order valence-corrected chi connectivity index (χ4v) is 2.59. The number of phenols is 1. The van der Waals surface area contributed by atoms with Crippen molar-refractivity contribution < 1.29 is 50.0 Å². The van der Waals surface area contributed by atoms with Crippen LogP contribution in [0.4, 0.5) is 0 Å². The second-order valence-corrected chi connectivity index (χ2v) is 5.97. The van der Waals surface area contributed by atoms with Gasteiger partial charge in [0.2, 0.25) is 0 Å². The van der Waals surface area contributed by atoms with Gasteiger partial charge in [-0.05, 0) is 17.7 Å². The number of aromatic hydroxyl groups is 1. The molecule has 10 heteroatoms. The Morgan fingerprint density at radius 1 is 1.12 bits per heavy atom. The van der Waals surface area contributed by atoms with E-state index in [0.29, 0.717) is 0 Å². The fourth-order valence-electron chi connectivity index (χ4n) is 2.59. The molecule has 1 aromatic carbocycles. The highest BCUT2D eigenvalue weighted by Crippen LogP contribution is 2.30. The number of methoxy groups -OCH3 is 1. The van der Waals surface area contributed by atoms with Gasteiger partial charge in [-0.3, -0.25) is 0 Å². The summed E-state index contributed by atoms with van der Waals surface area (Å²) in [5.74, 6) is -0.0147. The summed E-state index contributed by atoms with van der Waals surface area (Å²) in [6.45, 7) is -1.09. The Bertz CT molecular complexity index is 580. The molecule has 7 atom stereocenters. The van der Waals surface area contributed by atoms with E-state index in [9.17, 15) is 30.6 Å². The molecule has 1 aliphatic heterocycles. The lowest BCUT2D eigenvalue weighted by Gasteiger charge is -2.39. The van der Waals surface area contributed by atoms with Crippen LogP contribution in [0.3, 0.4) is 0 Å². The van der Waals surface area contributed by atoms with Gasteiger partial charge in [0, 0.05) is 0 Å². The lowest BCUT2D eigenvalue weighted by molar-refractivity contribution is -0.306. The van der Waals surface area contributed by atoms with Crippen LogP contribution in [0.25, 0.3) is 0 Å². The highest BCUT2D eigenvalue weighted by Gasteiger charge is 2.44. The van der Waals surface area contributed by atoms with Gasteiger partial charge < -0.3 is 50.0 Å². The average molecular weight is 376 g/mol. The van der Waals surface area contributed by atoms with Gasteiger partial charge in [-0.15, -0.1) is 0 Å². The standard InChI is InChI=1S/C16H24O10/c1-24-10-4-7(2-3-8(10)18)12(20)9(19)6-25-16-15(23)14(22)13(21)11(5-17)26-16/h2-4,9,11-23H,5-6H2,1H3. The third-order valence-electron chi connectivity index (χ3n) is 4.19. The van der Waals surface area contributed by atoms with Crippen LogP contribution in [0.2, 0.25) is 0 Å². The first-order chi connectivity index (χ1) is 12.3. The number of ether oxygens (including phenoxy) is 3. The van der Waals surface area contributed by atoms with Crippen molar-refractivity contribution in [3.8, 4) is 11.5 Å². The largest absolute Gasteiger partial charge is 0.504 e. The molecule has 26 heavy (non-hydrogen) atoms. The molecular formula is C16H24O10. The van der Waals surface area contributed by atoms with E-state index in [4.69, 9.17) is 19.3 Å². The molecular weight excluding hydrogens is 352 g/mol. The molecule has 0 saturated carbocycles. The molecule has 0 spiro atoms. The Hall–Kier alpha value is -1.50. The summed E-state index contributed by atoms with van der Waals surface area (Å²) < 4.78 is 15.3. The van der Waals surface area contributed by atoms with Gasteiger partial charge in [-0.25, -0.2) is 0 Å². The van der Waals surface area contributed by atoms with E-state index in [0.717, 1.165) is 0 Å². The van der Waals surface area contributed by atoms with Crippen LogP contribution in [0, 0.1) is 0 Å². The van der Waals surface area contributed by atoms with Crippen LogP contribution in [-0.2, 0) is 9.47 Å². The molecule has 0 aromatic heterocycles. The van der Waals surface area contributed by atoms with Crippen molar-refractivity contribution in [1.82, 2.24) is 0 Å². The van der Waals surface area contributed by atoms with Crippen molar-refractivity contribution in [3.05, 3.63) is 23.8 Å². The van der Waals surface area contributed by atoms with E-state index >= 15 is 0 Å². The smallest absolute Gasteiger partial charge is 0.186 e. The number of aliphatic hydroxyl groups excluding tert-OH is 6. The zero-order valence-electron chi connectivity index (χ0n) is 14.0. The molecule has 1 saturated heterocycles. The highest BCUT2D eigenvalue weighted by molar-refractivity contribution is 5.42. The predicted molar refractivity (Wildman–Crippen MR) is 85.3 cm³/mol. The zero-order chi connectivity index (χ0) is 19.4. The van der Waals surface area contributed by atoms with E-state index in [1.165, 1.54) is 25.3 Å². The molecule has 0 radical (unpaired) electrons. The lowest BCUT2D eigenvalue weighted by atomic mass is 9.99. The third kappa shape index (κ3) is 4.42. The van der Waals surface area contributed by atoms with Gasteiger partial charge in [0.25, 0.3) is 0 Å². The minimum atomic E-state index is -1.61. The summed E-state index contributed by atoms with van der Waals surface area (Å²) in [5, 5.41) is 68.2. The maximum absolute atomic E-state index is 10.2. The average Bonchev–Trinajstić information content (AvgIpc) is 2.65. The first kappa shape index (κ1) is 20.8. The van der Waals surface area contributed by atoms with Crippen LogP contribution in [0.15, 0.2) is 18.2 Å². The molecule has 0 amide bonds. The van der Waals surface area contributed by atoms with Crippen LogP contribution in [0.5, 0.6) is 11.5 Å². The number of rotatable bonds is 7. The number of phenolic OH excluding ortho intramolecular Hbond substituents is 1. The highest BCUT2D eigenvalue weighted by atomic mass is 16.7. The SMILES string of the molecule is COc1cc(C(O)C(O)COC2OC(CO)C(O)C(O)C2O)ccc1O. The number of aliphatic hydroxyl groups is 6. The van der Waals surface area contributed by atoms with Gasteiger partial charge in [0.15, 0.2) is 17.8 Å². The summed E-state index contributed by atoms with van der Waals surface area (Å²) in [4.78, 5) is 0. The Morgan fingerprint density at radius 3 is 2.42 bits per heavy atom. The van der Waals surface area contributed by atoms with Crippen molar-refractivity contribution >= 4 is 0 Å². The second kappa shape index (κ2) is 8.93. The normalized spacial score (nSPS) is 31.4. The number of hydrogen-bond acceptors (Lipinski definition) is 10. The predicted octanol–water partition coefficient (Wildman–Crippen LogP) is -2.39. The van der Waals surface area contributed by atoms with Crippen LogP contribution >= 0.6 is 0 Å². The zero-order valence-corrected chi connectivity index (χ0v) is 14.0. The molecule has 10 nitrogen and oxygen atoms in total. The molecule has 148 valence electrons. The van der Waals surface area contributed by atoms with Crippen LogP contribution in [-0.4, -0.2) is 92.9 Å². The maximum atomic E-state index is 10.2. The second-order valence-electron chi connectivity index (χ2n) is 5.97. The molecule has 1 fully saturated rings. The van der Waals surface area contributed by atoms with Crippen LogP contribution in [0.1, 0.15) is 11.7 Å². The van der Waals surface area contributed by atoms with E-state index in [2.05, 4.69) is 0 Å². The van der Waals surface area contributed by atoms with Gasteiger partial charge in [0.05, 0.1) is 20.3 Å². The van der Waals surface area contributed by atoms with E-state index in [1.54, 1.807) is 0 Å². The summed E-state index contributed by atoms with van der Waals surface area (Å²) in [6, 6.07) is 4.03. The molecule has 1 heterocycles. The van der Waals surface area contributed by atoms with Crippen molar-refractivity contribution in [1.29, 1.82) is 0 Å². The van der Waals surface area contributed by atoms with Gasteiger partial charge in [0.1, 0.15) is 36.6 Å². The topological polar surface area (TPSA) is 169 Å². The van der Waals surface area contributed by atoms with Gasteiger partial charge in [-0.2, -0.15) is 0 Å². The van der Waals surface area contributed by atoms with Crippen LogP contribution < -0.4 is 4.74 Å². The number of benzene rings is 1. The minimum absolute atomic E-state index is 0.114. The molecule has 0 bridgehead atoms. The Kier molecular flexibility index (Phi) is 7.15. The molecule has 7 unspecified atom stereocenters. The fraction of sp³-hybridized carbons (Fsp3) is 0.625. The summed E-state index contributed by atoms with van der Waals surface area (Å²) >= 11 is 0. The first-order valence-corrected chi connectivity index (χ1v) is 7.95. The Labute approximate surface area is 149 Å². The quantitative estimate of drug-likeness (QED) is 0.272. The summed E-state index contributed by atoms with van der Waals surface area (Å²) in [6.07, 6.45) is -10.1. The van der Waals surface area contributed by atoms with Crippen molar-refractivity contribution in [3.63, 3.8) is 0 Å². The summed E-state index contributed by atoms with van der Waals surface area (Å²) in [7, 11) is 1.34. The number of hydrogen-bond donors (Lipinski definition) is 7. The maximum Gasteiger partial charge on any atom is 0.186 e. The molecule has 1 aromatic rings. The lowest BCUT2D eigenvalue weighted by Crippen LogP contribution is -2.59. The minimum Gasteiger partial charge on any atom is -0.504 e. The van der Waals surface area contributed by atoms with Gasteiger partial charge >= 0.3 is 0 Å². The molecule has 0 aliphatic carbocycles. The summed E-state index contributed by atoms with van der Waals surface area (Å²) in [5.41, 5.74) is 0.254.